The Bertz CT molecular complexity index is 1180. The summed E-state index contributed by atoms with van der Waals surface area (Å²) in [5.41, 5.74) is 1.92. The van der Waals surface area contributed by atoms with E-state index in [2.05, 4.69) is 64.5 Å². The number of ketones is 1. The predicted octanol–water partition coefficient (Wildman–Crippen LogP) is 2.37. The minimum atomic E-state index is -1.01. The highest BCUT2D eigenvalue weighted by molar-refractivity contribution is 6.26. The van der Waals surface area contributed by atoms with Crippen molar-refractivity contribution in [2.45, 2.75) is 58.6 Å². The number of rotatable bonds is 9. The second-order valence-corrected chi connectivity index (χ2v) is 11.4. The van der Waals surface area contributed by atoms with Crippen LogP contribution >= 0.6 is 0 Å². The number of amides is 2. The molecule has 0 saturated carbocycles. The molecule has 0 aliphatic carbocycles. The summed E-state index contributed by atoms with van der Waals surface area (Å²) in [6.45, 7) is 9.72. The molecule has 2 aliphatic rings. The Hall–Kier alpha value is -3.53. The second-order valence-electron chi connectivity index (χ2n) is 11.4. The van der Waals surface area contributed by atoms with E-state index >= 15 is 0 Å². The van der Waals surface area contributed by atoms with E-state index in [0.717, 1.165) is 26.1 Å². The van der Waals surface area contributed by atoms with Gasteiger partial charge in [-0.1, -0.05) is 18.2 Å². The van der Waals surface area contributed by atoms with Crippen molar-refractivity contribution in [2.24, 2.45) is 18.9 Å². The van der Waals surface area contributed by atoms with Crippen LogP contribution < -0.4 is 10.6 Å². The van der Waals surface area contributed by atoms with Gasteiger partial charge in [0.25, 0.3) is 0 Å². The average Bonchev–Trinajstić information content (AvgIpc) is 3.59. The van der Waals surface area contributed by atoms with Crippen molar-refractivity contribution >= 4 is 40.7 Å². The lowest BCUT2D eigenvalue weighted by molar-refractivity contribution is -0.158. The third kappa shape index (κ3) is 8.48. The summed E-state index contributed by atoms with van der Waals surface area (Å²) in [6, 6.07) is 7.44. The number of nitrogens with one attached hydrogen (secondary N) is 3. The highest BCUT2D eigenvalue weighted by Gasteiger charge is 2.41. The van der Waals surface area contributed by atoms with Crippen LogP contribution in [0.4, 0.5) is 0 Å². The smallest absolute Gasteiger partial charge is 0.329 e. The zero-order valence-electron chi connectivity index (χ0n) is 23.6. The number of piperidine rings is 1. The summed E-state index contributed by atoms with van der Waals surface area (Å²) in [4.78, 5) is 50.5. The highest BCUT2D eigenvalue weighted by atomic mass is 16.6. The molecule has 1 aromatic carbocycles. The Morgan fingerprint density at radius 1 is 1.18 bits per heavy atom. The van der Waals surface area contributed by atoms with Crippen LogP contribution in [0.3, 0.4) is 0 Å². The molecule has 4 rings (SSSR count). The maximum absolute atomic E-state index is 12.3. The van der Waals surface area contributed by atoms with E-state index in [1.54, 1.807) is 20.8 Å². The first-order valence-corrected chi connectivity index (χ1v) is 13.4. The number of para-hydroxylation sites is 1. The van der Waals surface area contributed by atoms with Gasteiger partial charge >= 0.3 is 5.97 Å². The number of benzene rings is 1. The number of aromatic nitrogens is 1. The molecule has 0 spiro atoms. The molecule has 1 aromatic heterocycles. The normalized spacial score (nSPS) is 20.5. The Morgan fingerprint density at radius 3 is 2.49 bits per heavy atom. The predicted molar refractivity (Wildman–Crippen MR) is 150 cm³/mol. The fraction of sp³-hybridized carbons (Fsp3) is 0.552. The molecule has 4 atom stereocenters. The van der Waals surface area contributed by atoms with Gasteiger partial charge in [-0.2, -0.15) is 0 Å². The minimum Gasteiger partial charge on any atom is -0.458 e. The van der Waals surface area contributed by atoms with Crippen molar-refractivity contribution in [3.05, 3.63) is 36.0 Å². The molecular weight excluding hydrogens is 498 g/mol. The van der Waals surface area contributed by atoms with Crippen molar-refractivity contribution in [3.8, 4) is 0 Å². The number of hydrogen-bond acceptors (Lipinski definition) is 7. The third-order valence-electron chi connectivity index (χ3n) is 7.06. The van der Waals surface area contributed by atoms with Gasteiger partial charge in [-0.3, -0.25) is 14.4 Å². The number of aryl methyl sites for hydroxylation is 2. The Balaban J connectivity index is 0.000000314. The monoisotopic (exact) mass is 539 g/mol. The largest absolute Gasteiger partial charge is 0.458 e. The lowest BCUT2D eigenvalue weighted by Gasteiger charge is -2.25. The number of carbonyl (C=O) groups excluding carboxylic acids is 4. The number of ether oxygens (including phenoxy) is 1. The van der Waals surface area contributed by atoms with Gasteiger partial charge < -0.3 is 30.2 Å². The minimum absolute atomic E-state index is 0.0302. The molecule has 0 radical (unpaired) electrons. The van der Waals surface area contributed by atoms with E-state index in [1.807, 2.05) is 0 Å². The molecule has 3 N–H and O–H groups in total. The zero-order chi connectivity index (χ0) is 28.7. The van der Waals surface area contributed by atoms with Crippen molar-refractivity contribution in [1.29, 1.82) is 5.41 Å². The number of esters is 1. The number of hydrogen-bond donors (Lipinski definition) is 3. The first-order chi connectivity index (χ1) is 18.4. The molecule has 10 heteroatoms. The summed E-state index contributed by atoms with van der Waals surface area (Å²) in [6.07, 6.45) is 3.82. The summed E-state index contributed by atoms with van der Waals surface area (Å²) in [5, 5.41) is 13.5. The Morgan fingerprint density at radius 2 is 1.90 bits per heavy atom. The number of nitrogens with zero attached hydrogens (tertiary/aromatic N) is 2. The van der Waals surface area contributed by atoms with Gasteiger partial charge in [-0.15, -0.1) is 0 Å². The molecule has 2 amide bonds. The SMILES string of the molecule is CC(C)(C)OC(=O)C(CCC(=O)C=N)NC(=O)CNC(=O)C1CN2CCC1C2.Cc1cn(C)c2ccccc12. The molecule has 2 bridgehead atoms. The highest BCUT2D eigenvalue weighted by Crippen LogP contribution is 2.32. The van der Waals surface area contributed by atoms with E-state index < -0.39 is 29.3 Å². The third-order valence-corrected chi connectivity index (χ3v) is 7.06. The van der Waals surface area contributed by atoms with E-state index in [0.29, 0.717) is 12.1 Å². The summed E-state index contributed by atoms with van der Waals surface area (Å²) in [7, 11) is 2.08. The lowest BCUT2D eigenvalue weighted by Crippen LogP contribution is -2.49. The summed E-state index contributed by atoms with van der Waals surface area (Å²) < 4.78 is 7.45. The molecule has 2 aromatic rings. The second kappa shape index (κ2) is 13.0. The van der Waals surface area contributed by atoms with Gasteiger partial charge in [0.2, 0.25) is 11.8 Å². The van der Waals surface area contributed by atoms with Crippen molar-refractivity contribution in [3.63, 3.8) is 0 Å². The molecule has 2 fully saturated rings. The van der Waals surface area contributed by atoms with Gasteiger partial charge in [-0.25, -0.2) is 4.79 Å². The molecule has 2 saturated heterocycles. The zero-order valence-corrected chi connectivity index (χ0v) is 23.6. The van der Waals surface area contributed by atoms with Crippen LogP contribution in [0.1, 0.15) is 45.6 Å². The van der Waals surface area contributed by atoms with E-state index in [4.69, 9.17) is 10.1 Å². The molecule has 10 nitrogen and oxygen atoms in total. The van der Waals surface area contributed by atoms with E-state index in [9.17, 15) is 19.2 Å². The van der Waals surface area contributed by atoms with Crippen LogP contribution in [0.5, 0.6) is 0 Å². The number of Topliss-reactive ketones (excluding diaryl/α,β-unsaturated/α-hetero) is 1. The van der Waals surface area contributed by atoms with Gasteiger partial charge in [0.1, 0.15) is 11.6 Å². The Kier molecular flexibility index (Phi) is 10.0. The van der Waals surface area contributed by atoms with E-state index in [1.165, 1.54) is 16.5 Å². The van der Waals surface area contributed by atoms with Gasteiger partial charge in [0.05, 0.1) is 18.7 Å². The van der Waals surface area contributed by atoms with Crippen LogP contribution in [0, 0.1) is 24.2 Å². The summed E-state index contributed by atoms with van der Waals surface area (Å²) in [5.74, 6) is -1.49. The number of carbonyl (C=O) groups is 4. The quantitative estimate of drug-likeness (QED) is 0.331. The molecule has 212 valence electrons. The topological polar surface area (TPSA) is 134 Å². The van der Waals surface area contributed by atoms with Gasteiger partial charge in [0.15, 0.2) is 5.78 Å². The molecular formula is C29H41N5O5. The number of fused-ring (bicyclic) bond motifs is 3. The first kappa shape index (κ1) is 30.0. The molecule has 39 heavy (non-hydrogen) atoms. The molecule has 4 unspecified atom stereocenters. The standard InChI is InChI=1S/C19H30N4O5.C10H11N/c1-19(2,3)28-18(27)15(5-4-13(24)8-20)22-16(25)9-21-17(26)14-11-23-7-6-12(14)10-23;1-8-7-11(2)10-6-4-3-5-9(8)10/h8,12,14-15,20H,4-7,9-11H2,1-3H3,(H,21,26)(H,22,25);3-7H,1-2H3. The van der Waals surface area contributed by atoms with Crippen LogP contribution in [0.15, 0.2) is 30.5 Å². The van der Waals surface area contributed by atoms with Crippen LogP contribution in [0.2, 0.25) is 0 Å². The summed E-state index contributed by atoms with van der Waals surface area (Å²) >= 11 is 0. The Labute approximate surface area is 229 Å². The van der Waals surface area contributed by atoms with Crippen LogP contribution in [-0.4, -0.2) is 77.1 Å². The lowest BCUT2D eigenvalue weighted by atomic mass is 9.92. The fourth-order valence-corrected chi connectivity index (χ4v) is 5.15. The average molecular weight is 540 g/mol. The van der Waals surface area contributed by atoms with Crippen LogP contribution in [0.25, 0.3) is 10.9 Å². The van der Waals surface area contributed by atoms with Crippen molar-refractivity contribution in [1.82, 2.24) is 20.1 Å². The van der Waals surface area contributed by atoms with Crippen molar-refractivity contribution in [2.75, 3.05) is 26.2 Å². The maximum atomic E-state index is 12.3. The van der Waals surface area contributed by atoms with Crippen molar-refractivity contribution < 1.29 is 23.9 Å². The first-order valence-electron chi connectivity index (χ1n) is 13.4. The maximum Gasteiger partial charge on any atom is 0.329 e. The fourth-order valence-electron chi connectivity index (χ4n) is 5.15. The van der Waals surface area contributed by atoms with Crippen LogP contribution in [-0.2, 0) is 31.0 Å². The molecule has 2 aliphatic heterocycles. The molecule has 3 heterocycles. The van der Waals surface area contributed by atoms with Gasteiger partial charge in [0, 0.05) is 43.7 Å². The van der Waals surface area contributed by atoms with E-state index in [-0.39, 0.29) is 31.2 Å². The van der Waals surface area contributed by atoms with Gasteiger partial charge in [-0.05, 0) is 64.6 Å².